The molecule has 1 aliphatic rings. The largest absolute Gasteiger partial charge is 0.311 e. The predicted octanol–water partition coefficient (Wildman–Crippen LogP) is 2.08. The normalized spacial score (nSPS) is 14.1. The third-order valence-electron chi connectivity index (χ3n) is 2.79. The summed E-state index contributed by atoms with van der Waals surface area (Å²) in [5.41, 5.74) is 2.47. The SMILES string of the molecule is N#Cc1cccc2c1CCCN2C(=O)CCl. The molecule has 16 heavy (non-hydrogen) atoms. The summed E-state index contributed by atoms with van der Waals surface area (Å²) < 4.78 is 0. The maximum atomic E-state index is 11.6. The molecule has 0 aliphatic carbocycles. The van der Waals surface area contributed by atoms with Gasteiger partial charge < -0.3 is 4.90 Å². The smallest absolute Gasteiger partial charge is 0.241 e. The van der Waals surface area contributed by atoms with Gasteiger partial charge in [-0.15, -0.1) is 11.6 Å². The minimum Gasteiger partial charge on any atom is -0.311 e. The molecule has 82 valence electrons. The van der Waals surface area contributed by atoms with E-state index in [-0.39, 0.29) is 11.8 Å². The molecule has 0 atom stereocenters. The number of halogens is 1. The van der Waals surface area contributed by atoms with Crippen LogP contribution in [0.25, 0.3) is 0 Å². The van der Waals surface area contributed by atoms with E-state index in [0.29, 0.717) is 12.1 Å². The second-order valence-corrected chi connectivity index (χ2v) is 3.96. The van der Waals surface area contributed by atoms with Crippen molar-refractivity contribution in [2.75, 3.05) is 17.3 Å². The van der Waals surface area contributed by atoms with Gasteiger partial charge in [-0.3, -0.25) is 4.79 Å². The Balaban J connectivity index is 2.48. The van der Waals surface area contributed by atoms with Crippen molar-refractivity contribution in [3.05, 3.63) is 29.3 Å². The van der Waals surface area contributed by atoms with E-state index in [0.717, 1.165) is 24.1 Å². The highest BCUT2D eigenvalue weighted by Gasteiger charge is 2.23. The molecule has 4 heteroatoms. The number of hydrogen-bond donors (Lipinski definition) is 0. The number of anilines is 1. The molecule has 0 spiro atoms. The summed E-state index contributed by atoms with van der Waals surface area (Å²) >= 11 is 5.57. The third-order valence-corrected chi connectivity index (χ3v) is 3.02. The van der Waals surface area contributed by atoms with Gasteiger partial charge in [0, 0.05) is 12.2 Å². The number of nitriles is 1. The van der Waals surface area contributed by atoms with Gasteiger partial charge in [0.25, 0.3) is 0 Å². The molecule has 1 amide bonds. The number of amides is 1. The van der Waals surface area contributed by atoms with Crippen molar-refractivity contribution in [3.8, 4) is 6.07 Å². The van der Waals surface area contributed by atoms with Gasteiger partial charge in [-0.05, 0) is 30.5 Å². The molecule has 1 aliphatic heterocycles. The van der Waals surface area contributed by atoms with Gasteiger partial charge in [0.2, 0.25) is 5.91 Å². The number of hydrogen-bond acceptors (Lipinski definition) is 2. The van der Waals surface area contributed by atoms with Gasteiger partial charge in [-0.25, -0.2) is 0 Å². The van der Waals surface area contributed by atoms with Crippen molar-refractivity contribution in [2.24, 2.45) is 0 Å². The lowest BCUT2D eigenvalue weighted by atomic mass is 9.97. The fourth-order valence-corrected chi connectivity index (χ4v) is 2.20. The van der Waals surface area contributed by atoms with Crippen molar-refractivity contribution < 1.29 is 4.79 Å². The molecule has 0 radical (unpaired) electrons. The molecule has 1 aromatic rings. The van der Waals surface area contributed by atoms with Gasteiger partial charge in [0.1, 0.15) is 5.88 Å². The highest BCUT2D eigenvalue weighted by Crippen LogP contribution is 2.29. The predicted molar refractivity (Wildman–Crippen MR) is 62.6 cm³/mol. The van der Waals surface area contributed by atoms with Crippen molar-refractivity contribution in [1.29, 1.82) is 5.26 Å². The summed E-state index contributed by atoms with van der Waals surface area (Å²) in [6.45, 7) is 0.688. The van der Waals surface area contributed by atoms with Crippen molar-refractivity contribution in [3.63, 3.8) is 0 Å². The van der Waals surface area contributed by atoms with E-state index in [1.54, 1.807) is 17.0 Å². The fraction of sp³-hybridized carbons (Fsp3) is 0.333. The molecular weight excluding hydrogens is 224 g/mol. The van der Waals surface area contributed by atoms with Crippen LogP contribution in [0.2, 0.25) is 0 Å². The Morgan fingerprint density at radius 3 is 3.06 bits per heavy atom. The van der Waals surface area contributed by atoms with E-state index in [1.165, 1.54) is 0 Å². The summed E-state index contributed by atoms with van der Waals surface area (Å²) in [6, 6.07) is 7.62. The molecule has 0 saturated carbocycles. The molecule has 0 aromatic heterocycles. The highest BCUT2D eigenvalue weighted by molar-refractivity contribution is 6.29. The summed E-state index contributed by atoms with van der Waals surface area (Å²) in [5, 5.41) is 9.00. The second kappa shape index (κ2) is 4.54. The molecule has 0 fully saturated rings. The molecule has 2 rings (SSSR count). The van der Waals surface area contributed by atoms with Crippen LogP contribution >= 0.6 is 11.6 Å². The van der Waals surface area contributed by atoms with Crippen molar-refractivity contribution in [2.45, 2.75) is 12.8 Å². The first kappa shape index (κ1) is 11.0. The molecule has 1 heterocycles. The molecule has 1 aromatic carbocycles. The monoisotopic (exact) mass is 234 g/mol. The minimum atomic E-state index is -0.0993. The number of carbonyl (C=O) groups is 1. The summed E-state index contributed by atoms with van der Waals surface area (Å²) in [4.78, 5) is 13.3. The Bertz CT molecular complexity index is 465. The summed E-state index contributed by atoms with van der Waals surface area (Å²) in [5.74, 6) is -0.117. The van der Waals surface area contributed by atoms with Crippen LogP contribution in [0.15, 0.2) is 18.2 Å². The van der Waals surface area contributed by atoms with E-state index in [2.05, 4.69) is 6.07 Å². The maximum absolute atomic E-state index is 11.6. The Hall–Kier alpha value is -1.53. The van der Waals surface area contributed by atoms with Gasteiger partial charge in [-0.1, -0.05) is 6.07 Å². The van der Waals surface area contributed by atoms with E-state index in [4.69, 9.17) is 16.9 Å². The van der Waals surface area contributed by atoms with Crippen molar-refractivity contribution >= 4 is 23.2 Å². The maximum Gasteiger partial charge on any atom is 0.241 e. The van der Waals surface area contributed by atoms with Gasteiger partial charge >= 0.3 is 0 Å². The summed E-state index contributed by atoms with van der Waals surface area (Å²) in [6.07, 6.45) is 1.74. The first-order chi connectivity index (χ1) is 7.77. The average Bonchev–Trinajstić information content (AvgIpc) is 2.36. The number of benzene rings is 1. The zero-order chi connectivity index (χ0) is 11.5. The molecule has 0 unspecified atom stereocenters. The lowest BCUT2D eigenvalue weighted by molar-refractivity contribution is -0.116. The fourth-order valence-electron chi connectivity index (χ4n) is 2.06. The first-order valence-electron chi connectivity index (χ1n) is 5.16. The van der Waals surface area contributed by atoms with Crippen LogP contribution < -0.4 is 4.90 Å². The van der Waals surface area contributed by atoms with Crippen LogP contribution in [0.5, 0.6) is 0 Å². The third kappa shape index (κ3) is 1.77. The topological polar surface area (TPSA) is 44.1 Å². The van der Waals surface area contributed by atoms with Gasteiger partial charge in [0.05, 0.1) is 11.6 Å². The molecule has 0 N–H and O–H groups in total. The Morgan fingerprint density at radius 2 is 2.38 bits per heavy atom. The average molecular weight is 235 g/mol. The number of rotatable bonds is 1. The number of alkyl halides is 1. The zero-order valence-corrected chi connectivity index (χ0v) is 9.50. The standard InChI is InChI=1S/C12H11ClN2O/c13-7-12(16)15-6-2-4-10-9(8-14)3-1-5-11(10)15/h1,3,5H,2,4,6-7H2. The minimum absolute atomic E-state index is 0.0176. The van der Waals surface area contributed by atoms with Gasteiger partial charge in [0.15, 0.2) is 0 Å². The lowest BCUT2D eigenvalue weighted by Crippen LogP contribution is -2.36. The van der Waals surface area contributed by atoms with Crippen LogP contribution in [-0.4, -0.2) is 18.3 Å². The van der Waals surface area contributed by atoms with Crippen LogP contribution in [0.1, 0.15) is 17.5 Å². The van der Waals surface area contributed by atoms with E-state index < -0.39 is 0 Å². The summed E-state index contributed by atoms with van der Waals surface area (Å²) in [7, 11) is 0. The van der Waals surface area contributed by atoms with E-state index >= 15 is 0 Å². The molecule has 0 saturated heterocycles. The van der Waals surface area contributed by atoms with E-state index in [1.807, 2.05) is 6.07 Å². The zero-order valence-electron chi connectivity index (χ0n) is 8.74. The second-order valence-electron chi connectivity index (χ2n) is 3.70. The Morgan fingerprint density at radius 1 is 1.56 bits per heavy atom. The molecular formula is C12H11ClN2O. The molecule has 0 bridgehead atoms. The number of fused-ring (bicyclic) bond motifs is 1. The van der Waals surface area contributed by atoms with E-state index in [9.17, 15) is 4.79 Å². The quantitative estimate of drug-likeness (QED) is 0.699. The first-order valence-corrected chi connectivity index (χ1v) is 5.69. The highest BCUT2D eigenvalue weighted by atomic mass is 35.5. The van der Waals surface area contributed by atoms with Crippen LogP contribution in [-0.2, 0) is 11.2 Å². The van der Waals surface area contributed by atoms with Crippen LogP contribution in [0.3, 0.4) is 0 Å². The Kier molecular flexibility index (Phi) is 3.12. The van der Waals surface area contributed by atoms with Gasteiger partial charge in [-0.2, -0.15) is 5.26 Å². The number of nitrogens with zero attached hydrogens (tertiary/aromatic N) is 2. The molecule has 3 nitrogen and oxygen atoms in total. The van der Waals surface area contributed by atoms with Crippen LogP contribution in [0.4, 0.5) is 5.69 Å². The van der Waals surface area contributed by atoms with Crippen LogP contribution in [0, 0.1) is 11.3 Å². The van der Waals surface area contributed by atoms with Crippen molar-refractivity contribution in [1.82, 2.24) is 0 Å². The lowest BCUT2D eigenvalue weighted by Gasteiger charge is -2.29. The Labute approximate surface area is 99.2 Å². The number of carbonyl (C=O) groups excluding carboxylic acids is 1.